The van der Waals surface area contributed by atoms with Gasteiger partial charge in [0.15, 0.2) is 11.5 Å². The van der Waals surface area contributed by atoms with Gasteiger partial charge in [0.25, 0.3) is 5.91 Å². The summed E-state index contributed by atoms with van der Waals surface area (Å²) in [5, 5.41) is 16.6. The molecule has 39 heavy (non-hydrogen) atoms. The molecule has 5 N–H and O–H groups in total. The number of anilines is 3. The van der Waals surface area contributed by atoms with Crippen LogP contribution in [0.15, 0.2) is 24.3 Å². The number of piperidine rings is 1. The molecule has 0 spiro atoms. The Balaban J connectivity index is 1.43. The molecule has 10 heteroatoms. The molecule has 0 radical (unpaired) electrons. The van der Waals surface area contributed by atoms with Crippen molar-refractivity contribution in [2.75, 3.05) is 23.7 Å². The number of aryl methyl sites for hydroxylation is 1. The molecule has 0 bridgehead atoms. The second kappa shape index (κ2) is 12.2. The van der Waals surface area contributed by atoms with Crippen LogP contribution in [0.25, 0.3) is 0 Å². The number of aromatic nitrogens is 2. The van der Waals surface area contributed by atoms with Crippen LogP contribution in [-0.4, -0.2) is 62.8 Å². The number of primary amides is 1. The third-order valence-electron chi connectivity index (χ3n) is 7.37. The first kappa shape index (κ1) is 28.6. The minimum atomic E-state index is -0.639. The Morgan fingerprint density at radius 2 is 1.67 bits per heavy atom. The van der Waals surface area contributed by atoms with Gasteiger partial charge in [0.05, 0.1) is 11.8 Å². The molecular formula is C29H42N6O4. The fraction of sp³-hybridized carbons (Fsp3) is 0.586. The minimum absolute atomic E-state index is 0.107. The van der Waals surface area contributed by atoms with E-state index in [9.17, 15) is 14.7 Å². The van der Waals surface area contributed by atoms with Gasteiger partial charge in [-0.3, -0.25) is 4.79 Å². The van der Waals surface area contributed by atoms with Gasteiger partial charge in [-0.25, -0.2) is 14.8 Å². The molecule has 10 nitrogen and oxygen atoms in total. The highest BCUT2D eigenvalue weighted by molar-refractivity contribution is 5.96. The lowest BCUT2D eigenvalue weighted by Gasteiger charge is -2.33. The van der Waals surface area contributed by atoms with Crippen LogP contribution in [0.5, 0.6) is 0 Å². The minimum Gasteiger partial charge on any atom is -0.444 e. The van der Waals surface area contributed by atoms with Gasteiger partial charge < -0.3 is 31.1 Å². The molecule has 2 fully saturated rings. The number of ether oxygens (including phenoxy) is 1. The summed E-state index contributed by atoms with van der Waals surface area (Å²) in [6, 6.07) is 8.26. The van der Waals surface area contributed by atoms with Crippen LogP contribution < -0.4 is 16.4 Å². The van der Waals surface area contributed by atoms with Crippen molar-refractivity contribution in [3.63, 3.8) is 0 Å². The van der Waals surface area contributed by atoms with Crippen LogP contribution in [0.3, 0.4) is 0 Å². The number of carbonyl (C=O) groups is 2. The van der Waals surface area contributed by atoms with Gasteiger partial charge in [-0.2, -0.15) is 0 Å². The van der Waals surface area contributed by atoms with Crippen molar-refractivity contribution in [2.45, 2.75) is 96.3 Å². The van der Waals surface area contributed by atoms with Gasteiger partial charge in [0.2, 0.25) is 0 Å². The van der Waals surface area contributed by atoms with Crippen LogP contribution in [0.2, 0.25) is 0 Å². The van der Waals surface area contributed by atoms with Crippen LogP contribution in [-0.2, 0) is 11.2 Å². The van der Waals surface area contributed by atoms with Crippen LogP contribution in [0.1, 0.15) is 93.9 Å². The zero-order valence-corrected chi connectivity index (χ0v) is 23.5. The highest BCUT2D eigenvalue weighted by atomic mass is 16.6. The first-order chi connectivity index (χ1) is 18.5. The number of carbonyl (C=O) groups excluding carboxylic acids is 2. The summed E-state index contributed by atoms with van der Waals surface area (Å²) in [5.74, 6) is 0.670. The lowest BCUT2D eigenvalue weighted by molar-refractivity contribution is 0.0204. The number of amides is 2. The Kier molecular flexibility index (Phi) is 8.94. The van der Waals surface area contributed by atoms with Crippen molar-refractivity contribution in [1.82, 2.24) is 14.9 Å². The Hall–Kier alpha value is -3.40. The van der Waals surface area contributed by atoms with E-state index in [1.165, 1.54) is 5.56 Å². The maximum absolute atomic E-state index is 12.4. The van der Waals surface area contributed by atoms with Crippen LogP contribution in [0.4, 0.5) is 22.1 Å². The second-order valence-electron chi connectivity index (χ2n) is 11.6. The Morgan fingerprint density at radius 3 is 2.23 bits per heavy atom. The van der Waals surface area contributed by atoms with Gasteiger partial charge >= 0.3 is 6.09 Å². The summed E-state index contributed by atoms with van der Waals surface area (Å²) in [4.78, 5) is 35.7. The summed E-state index contributed by atoms with van der Waals surface area (Å²) in [6.45, 7) is 8.93. The average molecular weight is 539 g/mol. The molecule has 1 aliphatic heterocycles. The van der Waals surface area contributed by atoms with Crippen molar-refractivity contribution >= 4 is 29.3 Å². The van der Waals surface area contributed by atoms with Gasteiger partial charge in [-0.05, 0) is 89.3 Å². The molecule has 0 atom stereocenters. The molecule has 1 aromatic carbocycles. The van der Waals surface area contributed by atoms with E-state index in [-0.39, 0.29) is 23.9 Å². The number of benzene rings is 1. The molecule has 4 rings (SSSR count). The highest BCUT2D eigenvalue weighted by Crippen LogP contribution is 2.31. The molecule has 2 aromatic rings. The molecule has 0 unspecified atom stereocenters. The second-order valence-corrected chi connectivity index (χ2v) is 11.6. The van der Waals surface area contributed by atoms with E-state index in [1.807, 2.05) is 39.8 Å². The van der Waals surface area contributed by atoms with E-state index in [0.29, 0.717) is 42.8 Å². The first-order valence-electron chi connectivity index (χ1n) is 14.0. The third kappa shape index (κ3) is 7.59. The van der Waals surface area contributed by atoms with Crippen molar-refractivity contribution in [1.29, 1.82) is 0 Å². The largest absolute Gasteiger partial charge is 0.444 e. The fourth-order valence-corrected chi connectivity index (χ4v) is 5.20. The number of aliphatic hydroxyl groups excluding tert-OH is 1. The lowest BCUT2D eigenvalue weighted by Crippen LogP contribution is -2.41. The Bertz CT molecular complexity index is 1150. The van der Waals surface area contributed by atoms with Gasteiger partial charge in [0.1, 0.15) is 11.4 Å². The maximum atomic E-state index is 12.4. The predicted molar refractivity (Wildman–Crippen MR) is 151 cm³/mol. The average Bonchev–Trinajstić information content (AvgIpc) is 2.89. The van der Waals surface area contributed by atoms with Gasteiger partial charge in [0, 0.05) is 24.8 Å². The number of hydrogen-bond acceptors (Lipinski definition) is 8. The Labute approximate surface area is 230 Å². The number of nitrogens with one attached hydrogen (secondary N) is 2. The quantitative estimate of drug-likeness (QED) is 0.397. The smallest absolute Gasteiger partial charge is 0.410 e. The number of nitrogens with zero attached hydrogens (tertiary/aromatic N) is 3. The first-order valence-corrected chi connectivity index (χ1v) is 14.0. The normalized spacial score (nSPS) is 20.4. The van der Waals surface area contributed by atoms with Crippen molar-refractivity contribution in [2.24, 2.45) is 5.73 Å². The molecule has 2 heterocycles. The third-order valence-corrected chi connectivity index (χ3v) is 7.37. The van der Waals surface area contributed by atoms with Gasteiger partial charge in [-0.1, -0.05) is 19.1 Å². The topological polar surface area (TPSA) is 143 Å². The number of rotatable bonds is 7. The van der Waals surface area contributed by atoms with Gasteiger partial charge in [-0.15, -0.1) is 0 Å². The molecule has 2 aliphatic rings. The summed E-state index contributed by atoms with van der Waals surface area (Å²) in [6.07, 6.45) is 5.06. The number of aliphatic hydroxyl groups is 1. The number of likely N-dealkylation sites (tertiary alicyclic amines) is 1. The maximum Gasteiger partial charge on any atom is 0.410 e. The molecule has 1 saturated heterocycles. The monoisotopic (exact) mass is 538 g/mol. The molecule has 212 valence electrons. The van der Waals surface area contributed by atoms with Crippen LogP contribution in [0, 0.1) is 0 Å². The van der Waals surface area contributed by atoms with E-state index in [2.05, 4.69) is 27.8 Å². The molecule has 1 saturated carbocycles. The molecule has 1 aliphatic carbocycles. The highest BCUT2D eigenvalue weighted by Gasteiger charge is 2.28. The molecular weight excluding hydrogens is 496 g/mol. The molecule has 1 aromatic heterocycles. The number of nitrogens with two attached hydrogens (primary N) is 1. The standard InChI is InChI=1S/C29H42N6O4/c1-5-23-26(31-21-10-12-22(36)13-11-21)34-27(24(33-23)25(30)37)32-20-8-6-18(7-9-20)19-14-16-35(17-15-19)28(38)39-29(2,3)4/h6-9,19,21-22,36H,5,10-17H2,1-4H3,(H2,30,37)(H2,31,32,34)/t21-,22-. The van der Waals surface area contributed by atoms with Crippen molar-refractivity contribution < 1.29 is 19.4 Å². The van der Waals surface area contributed by atoms with Crippen molar-refractivity contribution in [3.05, 3.63) is 41.2 Å². The fourth-order valence-electron chi connectivity index (χ4n) is 5.20. The van der Waals surface area contributed by atoms with E-state index >= 15 is 0 Å². The van der Waals surface area contributed by atoms with E-state index in [4.69, 9.17) is 15.5 Å². The van der Waals surface area contributed by atoms with E-state index in [0.717, 1.165) is 44.2 Å². The Morgan fingerprint density at radius 1 is 1.03 bits per heavy atom. The predicted octanol–water partition coefficient (Wildman–Crippen LogP) is 4.71. The zero-order valence-electron chi connectivity index (χ0n) is 23.5. The van der Waals surface area contributed by atoms with Crippen LogP contribution >= 0.6 is 0 Å². The number of hydrogen-bond donors (Lipinski definition) is 4. The summed E-state index contributed by atoms with van der Waals surface area (Å²) < 4.78 is 5.51. The summed E-state index contributed by atoms with van der Waals surface area (Å²) in [5.41, 5.74) is 7.94. The van der Waals surface area contributed by atoms with Crippen molar-refractivity contribution in [3.8, 4) is 0 Å². The SMILES string of the molecule is CCc1nc(C(N)=O)c(Nc2ccc(C3CCN(C(=O)OC(C)(C)C)CC3)cc2)nc1N[C@H]1CC[C@H](O)CC1. The molecule has 2 amide bonds. The van der Waals surface area contributed by atoms with E-state index < -0.39 is 11.5 Å². The summed E-state index contributed by atoms with van der Waals surface area (Å²) in [7, 11) is 0. The lowest BCUT2D eigenvalue weighted by atomic mass is 9.89. The summed E-state index contributed by atoms with van der Waals surface area (Å²) >= 11 is 0. The zero-order chi connectivity index (χ0) is 28.2. The van der Waals surface area contributed by atoms with E-state index in [1.54, 1.807) is 4.90 Å².